The molecule has 16 heavy (non-hydrogen) atoms. The van der Waals surface area contributed by atoms with Crippen molar-refractivity contribution in [1.82, 2.24) is 0 Å². The molecule has 0 bridgehead atoms. The molecule has 5 N–H and O–H groups in total. The molecule has 0 radical (unpaired) electrons. The lowest BCUT2D eigenvalue weighted by molar-refractivity contribution is -0.266. The van der Waals surface area contributed by atoms with Crippen LogP contribution >= 0.6 is 0 Å². The van der Waals surface area contributed by atoms with Crippen molar-refractivity contribution in [2.24, 2.45) is 5.41 Å². The fourth-order valence-corrected chi connectivity index (χ4v) is 1.97. The van der Waals surface area contributed by atoms with E-state index in [-0.39, 0.29) is 13.2 Å². The van der Waals surface area contributed by atoms with Crippen LogP contribution < -0.4 is 0 Å². The van der Waals surface area contributed by atoms with E-state index in [1.165, 1.54) is 20.8 Å². The number of hydrogen-bond acceptors (Lipinski definition) is 6. The lowest BCUT2D eigenvalue weighted by atomic mass is 9.73. The Balaban J connectivity index is 5.02. The van der Waals surface area contributed by atoms with E-state index in [9.17, 15) is 20.4 Å². The maximum atomic E-state index is 9.79. The van der Waals surface area contributed by atoms with Crippen LogP contribution in [0.2, 0.25) is 0 Å². The Morgan fingerprint density at radius 2 is 1.31 bits per heavy atom. The highest BCUT2D eigenvalue weighted by Gasteiger charge is 2.51. The maximum Gasteiger partial charge on any atom is 0.167 e. The molecule has 4 unspecified atom stereocenters. The summed E-state index contributed by atoms with van der Waals surface area (Å²) in [5.74, 6) is 0. The minimum atomic E-state index is -1.60. The van der Waals surface area contributed by atoms with E-state index in [2.05, 4.69) is 0 Å². The van der Waals surface area contributed by atoms with Gasteiger partial charge in [0.2, 0.25) is 0 Å². The van der Waals surface area contributed by atoms with Crippen molar-refractivity contribution in [3.05, 3.63) is 0 Å². The van der Waals surface area contributed by atoms with Crippen LogP contribution in [0.25, 0.3) is 0 Å². The smallest absolute Gasteiger partial charge is 0.167 e. The van der Waals surface area contributed by atoms with Gasteiger partial charge < -0.3 is 30.3 Å². The molecule has 6 nitrogen and oxygen atoms in total. The van der Waals surface area contributed by atoms with Crippen molar-refractivity contribution in [2.45, 2.75) is 45.4 Å². The Morgan fingerprint density at radius 3 is 1.56 bits per heavy atom. The van der Waals surface area contributed by atoms with Crippen LogP contribution in [0.4, 0.5) is 0 Å². The predicted molar refractivity (Wildman–Crippen MR) is 56.5 cm³/mol. The monoisotopic (exact) mass is 238 g/mol. The molecule has 0 saturated heterocycles. The second kappa shape index (κ2) is 6.48. The number of rotatable bonds is 7. The lowest BCUT2D eigenvalue weighted by Crippen LogP contribution is -2.59. The molecule has 0 aliphatic carbocycles. The van der Waals surface area contributed by atoms with Crippen LogP contribution in [-0.4, -0.2) is 63.3 Å². The minimum Gasteiger partial charge on any atom is -0.394 e. The predicted octanol–water partition coefficient (Wildman–Crippen LogP) is -1.56. The lowest BCUT2D eigenvalue weighted by Gasteiger charge is -2.44. The second-order valence-corrected chi connectivity index (χ2v) is 3.97. The van der Waals surface area contributed by atoms with Gasteiger partial charge in [-0.15, -0.1) is 0 Å². The molecule has 4 atom stereocenters. The van der Waals surface area contributed by atoms with Crippen molar-refractivity contribution in [3.63, 3.8) is 0 Å². The van der Waals surface area contributed by atoms with Gasteiger partial charge in [-0.2, -0.15) is 0 Å². The summed E-state index contributed by atoms with van der Waals surface area (Å²) in [6.07, 6.45) is -5.11. The normalized spacial score (nSPS) is 23.2. The molecule has 0 saturated carbocycles. The molecule has 6 heteroatoms. The molecule has 0 aromatic heterocycles. The molecule has 0 fully saturated rings. The zero-order valence-electron chi connectivity index (χ0n) is 9.87. The van der Waals surface area contributed by atoms with Gasteiger partial charge in [0.1, 0.15) is 0 Å². The zero-order valence-corrected chi connectivity index (χ0v) is 9.87. The summed E-state index contributed by atoms with van der Waals surface area (Å²) in [4.78, 5) is 0. The first-order valence-corrected chi connectivity index (χ1v) is 5.26. The Labute approximate surface area is 95.1 Å². The Morgan fingerprint density at radius 1 is 0.938 bits per heavy atom. The van der Waals surface area contributed by atoms with E-state index in [1.54, 1.807) is 0 Å². The highest BCUT2D eigenvalue weighted by atomic mass is 16.6. The summed E-state index contributed by atoms with van der Waals surface area (Å²) in [6, 6.07) is 0. The molecule has 98 valence electrons. The molecule has 0 aliphatic heterocycles. The highest BCUT2D eigenvalue weighted by molar-refractivity contribution is 4.95. The summed E-state index contributed by atoms with van der Waals surface area (Å²) < 4.78 is 4.87. The van der Waals surface area contributed by atoms with Crippen molar-refractivity contribution in [2.75, 3.05) is 13.2 Å². The number of hydrogen-bond donors (Lipinski definition) is 5. The number of aliphatic hydroxyl groups excluding tert-OH is 5. The van der Waals surface area contributed by atoms with Gasteiger partial charge in [0.15, 0.2) is 6.29 Å². The van der Waals surface area contributed by atoms with E-state index in [0.717, 1.165) is 0 Å². The largest absolute Gasteiger partial charge is 0.394 e. The van der Waals surface area contributed by atoms with E-state index < -0.39 is 30.0 Å². The Kier molecular flexibility index (Phi) is 6.39. The average Bonchev–Trinajstić information content (AvgIpc) is 2.13. The van der Waals surface area contributed by atoms with Crippen LogP contribution in [-0.2, 0) is 4.74 Å². The first-order chi connectivity index (χ1) is 7.31. The van der Waals surface area contributed by atoms with Gasteiger partial charge in [0.05, 0.1) is 36.9 Å². The molecule has 0 amide bonds. The molecule has 0 rings (SSSR count). The van der Waals surface area contributed by atoms with Crippen molar-refractivity contribution >= 4 is 0 Å². The van der Waals surface area contributed by atoms with Gasteiger partial charge in [-0.3, -0.25) is 0 Å². The fraction of sp³-hybridized carbons (Fsp3) is 1.00. The van der Waals surface area contributed by atoms with Gasteiger partial charge in [-0.25, -0.2) is 0 Å². The summed E-state index contributed by atoms with van der Waals surface area (Å²) in [5.41, 5.74) is -1.60. The van der Waals surface area contributed by atoms with E-state index in [4.69, 9.17) is 9.84 Å². The highest BCUT2D eigenvalue weighted by Crippen LogP contribution is 2.36. The molecule has 0 aliphatic rings. The van der Waals surface area contributed by atoms with Gasteiger partial charge >= 0.3 is 0 Å². The van der Waals surface area contributed by atoms with Crippen molar-refractivity contribution in [1.29, 1.82) is 0 Å². The van der Waals surface area contributed by atoms with Crippen LogP contribution in [0, 0.1) is 5.41 Å². The summed E-state index contributed by atoms with van der Waals surface area (Å²) in [6.45, 7) is 3.61. The quantitative estimate of drug-likeness (QED) is 0.343. The molecule has 0 heterocycles. The standard InChI is InChI=1S/C10H22O6/c1-6(12)10(7(2)13,8(3)14)9(15)16-5-4-11/h6-9,11-15H,4-5H2,1-3H3. The summed E-state index contributed by atoms with van der Waals surface area (Å²) in [5, 5.41) is 47.3. The summed E-state index contributed by atoms with van der Waals surface area (Å²) in [7, 11) is 0. The zero-order chi connectivity index (χ0) is 12.9. The maximum absolute atomic E-state index is 9.79. The van der Waals surface area contributed by atoms with E-state index in [1.807, 2.05) is 0 Å². The third-order valence-corrected chi connectivity index (χ3v) is 2.97. The molecular weight excluding hydrogens is 216 g/mol. The third-order valence-electron chi connectivity index (χ3n) is 2.97. The van der Waals surface area contributed by atoms with Gasteiger partial charge in [0.25, 0.3) is 0 Å². The first kappa shape index (κ1) is 15.8. The molecular formula is C10H22O6. The van der Waals surface area contributed by atoms with Gasteiger partial charge in [-0.1, -0.05) is 0 Å². The Hall–Kier alpha value is -0.240. The first-order valence-electron chi connectivity index (χ1n) is 5.26. The number of aliphatic hydroxyl groups is 5. The van der Waals surface area contributed by atoms with Crippen molar-refractivity contribution < 1.29 is 30.3 Å². The van der Waals surface area contributed by atoms with Crippen LogP contribution in [0.1, 0.15) is 20.8 Å². The third kappa shape index (κ3) is 2.91. The number of ether oxygens (including phenoxy) is 1. The Bertz CT molecular complexity index is 170. The van der Waals surface area contributed by atoms with Crippen LogP contribution in [0.5, 0.6) is 0 Å². The van der Waals surface area contributed by atoms with E-state index in [0.29, 0.717) is 0 Å². The van der Waals surface area contributed by atoms with Gasteiger partial charge in [-0.05, 0) is 20.8 Å². The van der Waals surface area contributed by atoms with E-state index >= 15 is 0 Å². The minimum absolute atomic E-state index is 0.144. The molecule has 0 spiro atoms. The average molecular weight is 238 g/mol. The SMILES string of the molecule is CC(O)C(C(C)O)(C(C)O)C(O)OCCO. The van der Waals surface area contributed by atoms with Gasteiger partial charge in [0, 0.05) is 0 Å². The summed E-state index contributed by atoms with van der Waals surface area (Å²) >= 11 is 0. The molecule has 0 aromatic rings. The topological polar surface area (TPSA) is 110 Å². The molecule has 0 aromatic carbocycles. The second-order valence-electron chi connectivity index (χ2n) is 3.97. The van der Waals surface area contributed by atoms with Crippen LogP contribution in [0.15, 0.2) is 0 Å². The van der Waals surface area contributed by atoms with Crippen LogP contribution in [0.3, 0.4) is 0 Å². The van der Waals surface area contributed by atoms with Crippen molar-refractivity contribution in [3.8, 4) is 0 Å². The fourth-order valence-electron chi connectivity index (χ4n) is 1.97.